The first-order chi connectivity index (χ1) is 18.3. The van der Waals surface area contributed by atoms with E-state index in [0.717, 1.165) is 39.0 Å². The molecule has 7 heteroatoms. The van der Waals surface area contributed by atoms with E-state index in [1.807, 2.05) is 44.2 Å². The molecule has 38 heavy (non-hydrogen) atoms. The lowest BCUT2D eigenvalue weighted by atomic mass is 9.99. The molecule has 0 saturated carbocycles. The highest BCUT2D eigenvalue weighted by Crippen LogP contribution is 2.33. The fraction of sp³-hybridized carbons (Fsp3) is 0.355. The summed E-state index contributed by atoms with van der Waals surface area (Å²) in [6.45, 7) is 9.26. The molecule has 0 fully saturated rings. The third-order valence-corrected chi connectivity index (χ3v) is 6.48. The zero-order chi connectivity index (χ0) is 27.2. The van der Waals surface area contributed by atoms with Gasteiger partial charge in [0.1, 0.15) is 18.5 Å². The van der Waals surface area contributed by atoms with Gasteiger partial charge in [-0.05, 0) is 86.3 Å². The predicted molar refractivity (Wildman–Crippen MR) is 150 cm³/mol. The number of aromatic nitrogens is 2. The minimum absolute atomic E-state index is 0.128. The maximum absolute atomic E-state index is 12.5. The number of nitrogens with zero attached hydrogens (tertiary/aromatic N) is 2. The summed E-state index contributed by atoms with van der Waals surface area (Å²) in [5, 5.41) is 1.17. The van der Waals surface area contributed by atoms with E-state index in [4.69, 9.17) is 19.9 Å². The summed E-state index contributed by atoms with van der Waals surface area (Å²) in [6.07, 6.45) is 3.75. The van der Waals surface area contributed by atoms with Gasteiger partial charge >= 0.3 is 5.97 Å². The summed E-state index contributed by atoms with van der Waals surface area (Å²) in [5.41, 5.74) is 12.9. The van der Waals surface area contributed by atoms with Crippen LogP contribution < -0.4 is 10.5 Å². The van der Waals surface area contributed by atoms with E-state index < -0.39 is 0 Å². The van der Waals surface area contributed by atoms with Crippen molar-refractivity contribution in [3.05, 3.63) is 83.3 Å². The lowest BCUT2D eigenvalue weighted by Crippen LogP contribution is -2.21. The molecule has 2 aromatic carbocycles. The van der Waals surface area contributed by atoms with Crippen molar-refractivity contribution in [2.75, 3.05) is 13.7 Å². The van der Waals surface area contributed by atoms with Crippen LogP contribution in [-0.2, 0) is 33.8 Å². The van der Waals surface area contributed by atoms with Gasteiger partial charge in [-0.15, -0.1) is 0 Å². The number of hydrogen-bond donors (Lipinski definition) is 1. The molecule has 4 aromatic rings. The third kappa shape index (κ3) is 6.41. The Morgan fingerprint density at radius 3 is 2.63 bits per heavy atom. The van der Waals surface area contributed by atoms with E-state index in [0.29, 0.717) is 31.5 Å². The SMILES string of the molecule is COCC(C)OC(=O)Cc1ccc(C)cc1OCc1cc(-c2ccnc(CN)c2)c2ccn(C(C)C)c2c1. The maximum atomic E-state index is 12.5. The van der Waals surface area contributed by atoms with Crippen molar-refractivity contribution >= 4 is 16.9 Å². The van der Waals surface area contributed by atoms with Gasteiger partial charge in [0, 0.05) is 48.6 Å². The summed E-state index contributed by atoms with van der Waals surface area (Å²) >= 11 is 0. The van der Waals surface area contributed by atoms with Crippen molar-refractivity contribution < 1.29 is 19.0 Å². The van der Waals surface area contributed by atoms with Crippen molar-refractivity contribution in [1.82, 2.24) is 9.55 Å². The highest BCUT2D eigenvalue weighted by molar-refractivity contribution is 5.96. The summed E-state index contributed by atoms with van der Waals surface area (Å²) in [6, 6.07) is 16.7. The van der Waals surface area contributed by atoms with Crippen LogP contribution >= 0.6 is 0 Å². The van der Waals surface area contributed by atoms with E-state index in [2.05, 4.69) is 47.8 Å². The monoisotopic (exact) mass is 515 g/mol. The molecule has 1 atom stereocenters. The number of carbonyl (C=O) groups is 1. The van der Waals surface area contributed by atoms with Crippen molar-refractivity contribution in [3.8, 4) is 16.9 Å². The number of ether oxygens (including phenoxy) is 3. The standard InChI is InChI=1S/C31H37N3O4/c1-20(2)34-11-9-27-28(24-8-10-33-26(15-24)17-32)13-23(14-29(27)34)19-37-30-12-21(3)6-7-25(30)16-31(35)38-22(4)18-36-5/h6-15,20,22H,16-19,32H2,1-5H3. The third-order valence-electron chi connectivity index (χ3n) is 6.48. The Morgan fingerprint density at radius 2 is 1.89 bits per heavy atom. The first-order valence-corrected chi connectivity index (χ1v) is 13.0. The average Bonchev–Trinajstić information content (AvgIpc) is 3.33. The van der Waals surface area contributed by atoms with Gasteiger partial charge < -0.3 is 24.5 Å². The van der Waals surface area contributed by atoms with Gasteiger partial charge in [0.25, 0.3) is 0 Å². The van der Waals surface area contributed by atoms with Gasteiger partial charge in [0.2, 0.25) is 0 Å². The second kappa shape index (κ2) is 12.2. The number of fused-ring (bicyclic) bond motifs is 1. The van der Waals surface area contributed by atoms with Crippen LogP contribution in [0.25, 0.3) is 22.0 Å². The van der Waals surface area contributed by atoms with Crippen molar-refractivity contribution in [2.45, 2.75) is 59.4 Å². The number of esters is 1. The highest BCUT2D eigenvalue weighted by atomic mass is 16.6. The lowest BCUT2D eigenvalue weighted by Gasteiger charge is -2.16. The lowest BCUT2D eigenvalue weighted by molar-refractivity contribution is -0.149. The van der Waals surface area contributed by atoms with Gasteiger partial charge in [-0.3, -0.25) is 9.78 Å². The normalized spacial score (nSPS) is 12.2. The summed E-state index contributed by atoms with van der Waals surface area (Å²) < 4.78 is 19.1. The van der Waals surface area contributed by atoms with Gasteiger partial charge in [-0.2, -0.15) is 0 Å². The molecule has 0 aliphatic carbocycles. The van der Waals surface area contributed by atoms with E-state index in [-0.39, 0.29) is 18.5 Å². The summed E-state index contributed by atoms with van der Waals surface area (Å²) in [4.78, 5) is 16.9. The Labute approximate surface area is 224 Å². The second-order valence-electron chi connectivity index (χ2n) is 9.97. The van der Waals surface area contributed by atoms with Crippen LogP contribution in [0.2, 0.25) is 0 Å². The number of rotatable bonds is 11. The molecule has 0 amide bonds. The molecule has 0 spiro atoms. The van der Waals surface area contributed by atoms with Crippen LogP contribution in [0.15, 0.2) is 60.9 Å². The minimum Gasteiger partial charge on any atom is -0.489 e. The molecule has 0 aliphatic rings. The highest BCUT2D eigenvalue weighted by Gasteiger charge is 2.16. The molecule has 0 bridgehead atoms. The van der Waals surface area contributed by atoms with Crippen molar-refractivity contribution in [2.24, 2.45) is 5.73 Å². The number of pyridine rings is 1. The molecule has 2 aromatic heterocycles. The number of nitrogens with two attached hydrogens (primary N) is 1. The quantitative estimate of drug-likeness (QED) is 0.256. The first-order valence-electron chi connectivity index (χ1n) is 13.0. The number of benzene rings is 2. The number of aryl methyl sites for hydroxylation is 1. The Balaban J connectivity index is 1.65. The largest absolute Gasteiger partial charge is 0.489 e. The Kier molecular flexibility index (Phi) is 8.81. The Morgan fingerprint density at radius 1 is 1.08 bits per heavy atom. The smallest absolute Gasteiger partial charge is 0.310 e. The molecule has 0 radical (unpaired) electrons. The molecule has 1 unspecified atom stereocenters. The van der Waals surface area contributed by atoms with Gasteiger partial charge in [-0.1, -0.05) is 12.1 Å². The maximum Gasteiger partial charge on any atom is 0.310 e. The van der Waals surface area contributed by atoms with Gasteiger partial charge in [-0.25, -0.2) is 0 Å². The molecule has 2 heterocycles. The molecular weight excluding hydrogens is 478 g/mol. The molecule has 0 saturated heterocycles. The zero-order valence-electron chi connectivity index (χ0n) is 22.9. The van der Waals surface area contributed by atoms with E-state index in [9.17, 15) is 4.79 Å². The Hall–Kier alpha value is -3.68. The number of carbonyl (C=O) groups excluding carboxylic acids is 1. The topological polar surface area (TPSA) is 88.6 Å². The Bertz CT molecular complexity index is 1410. The van der Waals surface area contributed by atoms with E-state index >= 15 is 0 Å². The van der Waals surface area contributed by atoms with Crippen LogP contribution in [-0.4, -0.2) is 35.3 Å². The van der Waals surface area contributed by atoms with Crippen LogP contribution in [0.4, 0.5) is 0 Å². The van der Waals surface area contributed by atoms with Crippen LogP contribution in [0, 0.1) is 6.92 Å². The number of methoxy groups -OCH3 is 1. The first kappa shape index (κ1) is 27.4. The minimum atomic E-state index is -0.310. The van der Waals surface area contributed by atoms with Crippen molar-refractivity contribution in [1.29, 1.82) is 0 Å². The van der Waals surface area contributed by atoms with Crippen LogP contribution in [0.3, 0.4) is 0 Å². The fourth-order valence-electron chi connectivity index (χ4n) is 4.64. The van der Waals surface area contributed by atoms with E-state index in [1.165, 1.54) is 5.39 Å². The summed E-state index contributed by atoms with van der Waals surface area (Å²) in [5.74, 6) is 0.367. The van der Waals surface area contributed by atoms with E-state index in [1.54, 1.807) is 13.3 Å². The molecule has 7 nitrogen and oxygen atoms in total. The van der Waals surface area contributed by atoms with Crippen LogP contribution in [0.1, 0.15) is 49.2 Å². The molecule has 0 aliphatic heterocycles. The number of hydrogen-bond acceptors (Lipinski definition) is 6. The van der Waals surface area contributed by atoms with Gasteiger partial charge in [0.05, 0.1) is 18.7 Å². The molecule has 4 rings (SSSR count). The van der Waals surface area contributed by atoms with Crippen molar-refractivity contribution in [3.63, 3.8) is 0 Å². The predicted octanol–water partition coefficient (Wildman–Crippen LogP) is 5.75. The second-order valence-corrected chi connectivity index (χ2v) is 9.97. The molecule has 200 valence electrons. The molecule has 2 N–H and O–H groups in total. The summed E-state index contributed by atoms with van der Waals surface area (Å²) in [7, 11) is 1.59. The average molecular weight is 516 g/mol. The zero-order valence-corrected chi connectivity index (χ0v) is 22.9. The van der Waals surface area contributed by atoms with Gasteiger partial charge in [0.15, 0.2) is 0 Å². The molecular formula is C31H37N3O4. The van der Waals surface area contributed by atoms with Crippen LogP contribution in [0.5, 0.6) is 5.75 Å². The fourth-order valence-corrected chi connectivity index (χ4v) is 4.64.